The summed E-state index contributed by atoms with van der Waals surface area (Å²) in [6.07, 6.45) is 2.78. The van der Waals surface area contributed by atoms with Gasteiger partial charge in [0.15, 0.2) is 0 Å². The smallest absolute Gasteiger partial charge is 0.245 e. The molecule has 98 valence electrons. The van der Waals surface area contributed by atoms with Crippen LogP contribution in [0.3, 0.4) is 0 Å². The molecule has 6 heteroatoms. The van der Waals surface area contributed by atoms with Crippen LogP contribution in [0.2, 0.25) is 0 Å². The van der Waals surface area contributed by atoms with Gasteiger partial charge in [0.1, 0.15) is 12.1 Å². The van der Waals surface area contributed by atoms with Crippen molar-refractivity contribution in [1.29, 1.82) is 0 Å². The standard InChI is InChI=1S/C11H20N2O3S/c1-4-8-11(15)13(6-7-17(3)16)9(5-2)10(14)12-8/h8-9H,4-7H2,1-3H3,(H,12,14). The van der Waals surface area contributed by atoms with Gasteiger partial charge in [-0.15, -0.1) is 0 Å². The van der Waals surface area contributed by atoms with E-state index in [4.69, 9.17) is 0 Å². The monoisotopic (exact) mass is 260 g/mol. The summed E-state index contributed by atoms with van der Waals surface area (Å²) in [4.78, 5) is 25.5. The molecule has 3 atom stereocenters. The van der Waals surface area contributed by atoms with E-state index in [2.05, 4.69) is 5.32 Å². The van der Waals surface area contributed by atoms with Crippen molar-refractivity contribution >= 4 is 22.6 Å². The van der Waals surface area contributed by atoms with E-state index in [0.717, 1.165) is 0 Å². The van der Waals surface area contributed by atoms with E-state index in [1.165, 1.54) is 0 Å². The van der Waals surface area contributed by atoms with Gasteiger partial charge in [-0.05, 0) is 12.8 Å². The molecule has 1 fully saturated rings. The molecule has 0 radical (unpaired) electrons. The van der Waals surface area contributed by atoms with E-state index in [1.807, 2.05) is 13.8 Å². The number of piperazine rings is 1. The number of nitrogens with zero attached hydrogens (tertiary/aromatic N) is 1. The molecule has 1 aliphatic heterocycles. The van der Waals surface area contributed by atoms with E-state index in [-0.39, 0.29) is 11.8 Å². The van der Waals surface area contributed by atoms with E-state index < -0.39 is 22.9 Å². The number of rotatable bonds is 5. The summed E-state index contributed by atoms with van der Waals surface area (Å²) in [5, 5.41) is 2.73. The van der Waals surface area contributed by atoms with Crippen molar-refractivity contribution in [3.05, 3.63) is 0 Å². The Morgan fingerprint density at radius 3 is 2.41 bits per heavy atom. The van der Waals surface area contributed by atoms with Crippen molar-refractivity contribution in [3.63, 3.8) is 0 Å². The van der Waals surface area contributed by atoms with Crippen LogP contribution in [-0.2, 0) is 20.4 Å². The van der Waals surface area contributed by atoms with Crippen molar-refractivity contribution < 1.29 is 13.8 Å². The first-order chi connectivity index (χ1) is 8.01. The number of carbonyl (C=O) groups excluding carboxylic acids is 2. The van der Waals surface area contributed by atoms with Gasteiger partial charge in [0.05, 0.1) is 0 Å². The largest absolute Gasteiger partial charge is 0.343 e. The Kier molecular flexibility index (Phi) is 5.11. The fourth-order valence-electron chi connectivity index (χ4n) is 2.00. The lowest BCUT2D eigenvalue weighted by Gasteiger charge is -2.38. The Balaban J connectivity index is 2.80. The summed E-state index contributed by atoms with van der Waals surface area (Å²) in [7, 11) is -0.949. The Hall–Kier alpha value is -0.910. The topological polar surface area (TPSA) is 66.5 Å². The maximum Gasteiger partial charge on any atom is 0.245 e. The highest BCUT2D eigenvalue weighted by Crippen LogP contribution is 2.14. The quantitative estimate of drug-likeness (QED) is 0.749. The third-order valence-electron chi connectivity index (χ3n) is 2.99. The molecule has 0 aliphatic carbocycles. The van der Waals surface area contributed by atoms with Crippen molar-refractivity contribution in [2.75, 3.05) is 18.6 Å². The van der Waals surface area contributed by atoms with E-state index in [9.17, 15) is 13.8 Å². The fraction of sp³-hybridized carbons (Fsp3) is 0.818. The summed E-state index contributed by atoms with van der Waals surface area (Å²) in [5.74, 6) is 0.275. The van der Waals surface area contributed by atoms with E-state index in [1.54, 1.807) is 11.2 Å². The number of amides is 2. The van der Waals surface area contributed by atoms with Crippen LogP contribution in [0.15, 0.2) is 0 Å². The summed E-state index contributed by atoms with van der Waals surface area (Å²) in [5.41, 5.74) is 0. The third kappa shape index (κ3) is 3.28. The van der Waals surface area contributed by atoms with Crippen LogP contribution in [0.1, 0.15) is 26.7 Å². The van der Waals surface area contributed by atoms with Gasteiger partial charge in [0.2, 0.25) is 11.8 Å². The minimum Gasteiger partial charge on any atom is -0.343 e. The van der Waals surface area contributed by atoms with Crippen LogP contribution < -0.4 is 5.32 Å². The highest BCUT2D eigenvalue weighted by atomic mass is 32.2. The van der Waals surface area contributed by atoms with Gasteiger partial charge in [-0.3, -0.25) is 13.8 Å². The Morgan fingerprint density at radius 2 is 1.94 bits per heavy atom. The Labute approximate surface area is 104 Å². The highest BCUT2D eigenvalue weighted by molar-refractivity contribution is 7.84. The van der Waals surface area contributed by atoms with Gasteiger partial charge in [0.25, 0.3) is 0 Å². The van der Waals surface area contributed by atoms with Crippen LogP contribution in [0, 0.1) is 0 Å². The fourth-order valence-corrected chi connectivity index (χ4v) is 2.45. The summed E-state index contributed by atoms with van der Waals surface area (Å²) < 4.78 is 11.1. The average Bonchev–Trinajstić information content (AvgIpc) is 2.29. The lowest BCUT2D eigenvalue weighted by atomic mass is 10.0. The van der Waals surface area contributed by atoms with Crippen molar-refractivity contribution in [2.24, 2.45) is 0 Å². The maximum atomic E-state index is 12.1. The molecule has 0 aromatic rings. The highest BCUT2D eigenvalue weighted by Gasteiger charge is 2.38. The molecular weight excluding hydrogens is 240 g/mol. The minimum atomic E-state index is -0.949. The van der Waals surface area contributed by atoms with Gasteiger partial charge in [0, 0.05) is 29.4 Å². The van der Waals surface area contributed by atoms with E-state index >= 15 is 0 Å². The zero-order valence-electron chi connectivity index (χ0n) is 10.6. The zero-order chi connectivity index (χ0) is 13.0. The predicted octanol–water partition coefficient (Wildman–Crippen LogP) is -0.119. The molecule has 1 saturated heterocycles. The summed E-state index contributed by atoms with van der Waals surface area (Å²) in [6.45, 7) is 4.13. The predicted molar refractivity (Wildman–Crippen MR) is 66.9 cm³/mol. The first kappa shape index (κ1) is 14.2. The van der Waals surface area contributed by atoms with Gasteiger partial charge in [-0.25, -0.2) is 0 Å². The van der Waals surface area contributed by atoms with Crippen LogP contribution in [0.25, 0.3) is 0 Å². The number of hydrogen-bond donors (Lipinski definition) is 1. The summed E-state index contributed by atoms with van der Waals surface area (Å²) in [6, 6.07) is -0.829. The second-order valence-electron chi connectivity index (χ2n) is 4.20. The number of hydrogen-bond acceptors (Lipinski definition) is 3. The molecule has 1 rings (SSSR count). The SMILES string of the molecule is CCC1NC(=O)C(CC)N(CCS(C)=O)C1=O. The van der Waals surface area contributed by atoms with Gasteiger partial charge in [-0.2, -0.15) is 0 Å². The number of carbonyl (C=O) groups is 2. The molecule has 0 aromatic carbocycles. The molecule has 0 saturated carbocycles. The summed E-state index contributed by atoms with van der Waals surface area (Å²) >= 11 is 0. The van der Waals surface area contributed by atoms with Crippen molar-refractivity contribution in [3.8, 4) is 0 Å². The van der Waals surface area contributed by atoms with E-state index in [0.29, 0.717) is 25.1 Å². The second kappa shape index (κ2) is 6.14. The van der Waals surface area contributed by atoms with Gasteiger partial charge < -0.3 is 10.2 Å². The third-order valence-corrected chi connectivity index (χ3v) is 3.75. The zero-order valence-corrected chi connectivity index (χ0v) is 11.4. The minimum absolute atomic E-state index is 0.0515. The van der Waals surface area contributed by atoms with Crippen molar-refractivity contribution in [1.82, 2.24) is 10.2 Å². The molecule has 3 unspecified atom stereocenters. The maximum absolute atomic E-state index is 12.1. The molecule has 0 bridgehead atoms. The molecule has 1 heterocycles. The van der Waals surface area contributed by atoms with Crippen LogP contribution in [-0.4, -0.2) is 51.6 Å². The number of nitrogens with one attached hydrogen (secondary N) is 1. The first-order valence-corrected chi connectivity index (χ1v) is 7.64. The molecule has 1 N–H and O–H groups in total. The molecule has 2 amide bonds. The molecule has 0 aromatic heterocycles. The van der Waals surface area contributed by atoms with Gasteiger partial charge in [-0.1, -0.05) is 13.8 Å². The Bertz CT molecular complexity index is 333. The van der Waals surface area contributed by atoms with Gasteiger partial charge >= 0.3 is 0 Å². The van der Waals surface area contributed by atoms with Crippen molar-refractivity contribution in [2.45, 2.75) is 38.8 Å². The molecule has 0 spiro atoms. The molecular formula is C11H20N2O3S. The second-order valence-corrected chi connectivity index (χ2v) is 5.76. The lowest BCUT2D eigenvalue weighted by Crippen LogP contribution is -2.63. The molecule has 5 nitrogen and oxygen atoms in total. The normalized spacial score (nSPS) is 26.9. The van der Waals surface area contributed by atoms with Crippen LogP contribution in [0.5, 0.6) is 0 Å². The average molecular weight is 260 g/mol. The lowest BCUT2D eigenvalue weighted by molar-refractivity contribution is -0.149. The molecule has 17 heavy (non-hydrogen) atoms. The first-order valence-electron chi connectivity index (χ1n) is 5.92. The Morgan fingerprint density at radius 1 is 1.29 bits per heavy atom. The molecule has 1 aliphatic rings. The van der Waals surface area contributed by atoms with Crippen LogP contribution >= 0.6 is 0 Å². The van der Waals surface area contributed by atoms with Crippen LogP contribution in [0.4, 0.5) is 0 Å².